The van der Waals surface area contributed by atoms with E-state index in [1.807, 2.05) is 18.2 Å². The number of fused-ring (bicyclic) bond motifs is 6. The van der Waals surface area contributed by atoms with Crippen molar-refractivity contribution >= 4 is 53.4 Å². The fourth-order valence-electron chi connectivity index (χ4n) is 7.97. The average Bonchev–Trinajstić information content (AvgIpc) is 3.76. The zero-order valence-electron chi connectivity index (χ0n) is 29.5. The fourth-order valence-corrected chi connectivity index (χ4v) is 9.12. The maximum Gasteiger partial charge on any atom is 0.160 e. The number of hydrogen-bond donors (Lipinski definition) is 0. The molecule has 0 bridgehead atoms. The van der Waals surface area contributed by atoms with Gasteiger partial charge in [0.05, 0.1) is 26.9 Å². The van der Waals surface area contributed by atoms with E-state index in [1.54, 1.807) is 11.3 Å². The van der Waals surface area contributed by atoms with Crippen molar-refractivity contribution in [3.05, 3.63) is 187 Å². The number of aryl methyl sites for hydroxylation is 1. The second kappa shape index (κ2) is 12.7. The number of aromatic nitrogens is 3. The minimum absolute atomic E-state index is 0.125. The Morgan fingerprint density at radius 2 is 1.23 bits per heavy atom. The van der Waals surface area contributed by atoms with E-state index in [4.69, 9.17) is 9.97 Å². The van der Waals surface area contributed by atoms with Crippen LogP contribution < -0.4 is 0 Å². The third kappa shape index (κ3) is 5.25. The predicted octanol–water partition coefficient (Wildman–Crippen LogP) is 13.4. The van der Waals surface area contributed by atoms with Gasteiger partial charge in [-0.1, -0.05) is 140 Å². The minimum Gasteiger partial charge on any atom is -0.309 e. The molecule has 3 nitrogen and oxygen atoms in total. The van der Waals surface area contributed by atoms with Crippen molar-refractivity contribution in [1.82, 2.24) is 14.5 Å². The molecular weight excluding hydrogens is 663 g/mol. The van der Waals surface area contributed by atoms with Gasteiger partial charge in [0.25, 0.3) is 0 Å². The van der Waals surface area contributed by atoms with E-state index in [-0.39, 0.29) is 5.92 Å². The van der Waals surface area contributed by atoms with Crippen molar-refractivity contribution < 1.29 is 0 Å². The van der Waals surface area contributed by atoms with Crippen molar-refractivity contribution in [2.24, 2.45) is 0 Å². The molecule has 4 heteroatoms. The molecule has 0 N–H and O–H groups in total. The summed E-state index contributed by atoms with van der Waals surface area (Å²) in [5.74, 6) is 0.874. The lowest BCUT2D eigenvalue weighted by Gasteiger charge is -2.20. The normalized spacial score (nSPS) is 12.3. The molecule has 0 aliphatic heterocycles. The SMILES string of the molecule is Cc1ccccc1-c1cc2c3ccccc3n(-c3ccccc3)c2cc1[C@@H](C)c1ccc(-c2nc(-c3ccccc3)nc3c2sc2ccccc23)cc1. The summed E-state index contributed by atoms with van der Waals surface area (Å²) in [6, 6.07) is 61.1. The van der Waals surface area contributed by atoms with Crippen LogP contribution in [0.5, 0.6) is 0 Å². The Bertz CT molecular complexity index is 2960. The van der Waals surface area contributed by atoms with E-state index in [0.29, 0.717) is 0 Å². The third-order valence-electron chi connectivity index (χ3n) is 10.7. The third-order valence-corrected chi connectivity index (χ3v) is 11.9. The van der Waals surface area contributed by atoms with Gasteiger partial charge in [-0.15, -0.1) is 11.3 Å². The lowest BCUT2D eigenvalue weighted by molar-refractivity contribution is 0.925. The van der Waals surface area contributed by atoms with Crippen LogP contribution in [0.25, 0.3) is 81.6 Å². The van der Waals surface area contributed by atoms with Gasteiger partial charge >= 0.3 is 0 Å². The van der Waals surface area contributed by atoms with E-state index in [2.05, 4.69) is 170 Å². The zero-order valence-corrected chi connectivity index (χ0v) is 30.3. The molecule has 0 aliphatic rings. The Labute approximate surface area is 312 Å². The molecule has 0 saturated carbocycles. The molecule has 0 spiro atoms. The van der Waals surface area contributed by atoms with Crippen molar-refractivity contribution in [3.63, 3.8) is 0 Å². The maximum absolute atomic E-state index is 5.22. The molecule has 1 atom stereocenters. The van der Waals surface area contributed by atoms with Gasteiger partial charge in [0.1, 0.15) is 0 Å². The molecule has 3 heterocycles. The highest BCUT2D eigenvalue weighted by atomic mass is 32.1. The highest BCUT2D eigenvalue weighted by Gasteiger charge is 2.22. The Morgan fingerprint density at radius 3 is 2.02 bits per heavy atom. The van der Waals surface area contributed by atoms with Gasteiger partial charge in [-0.3, -0.25) is 0 Å². The number of para-hydroxylation sites is 2. The topological polar surface area (TPSA) is 30.7 Å². The second-order valence-corrected chi connectivity index (χ2v) is 14.9. The predicted molar refractivity (Wildman–Crippen MR) is 224 cm³/mol. The molecular formula is C49H35N3S. The second-order valence-electron chi connectivity index (χ2n) is 13.8. The van der Waals surface area contributed by atoms with Crippen LogP contribution >= 0.6 is 11.3 Å². The van der Waals surface area contributed by atoms with Crippen molar-refractivity contribution in [2.45, 2.75) is 19.8 Å². The molecule has 0 aliphatic carbocycles. The minimum atomic E-state index is 0.125. The largest absolute Gasteiger partial charge is 0.309 e. The van der Waals surface area contributed by atoms with Crippen LogP contribution in [0.4, 0.5) is 0 Å². The summed E-state index contributed by atoms with van der Waals surface area (Å²) in [6.45, 7) is 4.56. The molecule has 0 saturated heterocycles. The van der Waals surface area contributed by atoms with E-state index in [1.165, 1.54) is 59.7 Å². The van der Waals surface area contributed by atoms with Crippen LogP contribution in [0.3, 0.4) is 0 Å². The van der Waals surface area contributed by atoms with Crippen LogP contribution in [0, 0.1) is 6.92 Å². The number of benzene rings is 7. The lowest BCUT2D eigenvalue weighted by atomic mass is 9.84. The molecule has 0 unspecified atom stereocenters. The summed E-state index contributed by atoms with van der Waals surface area (Å²) in [5, 5.41) is 3.70. The van der Waals surface area contributed by atoms with Crippen LogP contribution in [-0.2, 0) is 0 Å². The van der Waals surface area contributed by atoms with Crippen LogP contribution in [0.2, 0.25) is 0 Å². The van der Waals surface area contributed by atoms with Crippen LogP contribution in [0.15, 0.2) is 170 Å². The van der Waals surface area contributed by atoms with E-state index in [9.17, 15) is 0 Å². The summed E-state index contributed by atoms with van der Waals surface area (Å²) in [7, 11) is 0. The number of rotatable bonds is 6. The number of thiophene rings is 1. The highest BCUT2D eigenvalue weighted by molar-refractivity contribution is 7.26. The summed E-state index contributed by atoms with van der Waals surface area (Å²) in [6.07, 6.45) is 0. The lowest BCUT2D eigenvalue weighted by Crippen LogP contribution is -2.02. The first kappa shape index (κ1) is 31.4. The first-order chi connectivity index (χ1) is 26.1. The van der Waals surface area contributed by atoms with Gasteiger partial charge in [-0.2, -0.15) is 0 Å². The molecule has 0 amide bonds. The molecule has 10 aromatic rings. The van der Waals surface area contributed by atoms with Gasteiger partial charge in [0.15, 0.2) is 5.82 Å². The Balaban J connectivity index is 1.15. The van der Waals surface area contributed by atoms with Gasteiger partial charge in [-0.05, 0) is 71.1 Å². The van der Waals surface area contributed by atoms with Crippen molar-refractivity contribution in [2.75, 3.05) is 0 Å². The van der Waals surface area contributed by atoms with Gasteiger partial charge < -0.3 is 4.57 Å². The fraction of sp³-hybridized carbons (Fsp3) is 0.0612. The Kier molecular flexibility index (Phi) is 7.52. The molecule has 53 heavy (non-hydrogen) atoms. The average molecular weight is 698 g/mol. The maximum atomic E-state index is 5.22. The summed E-state index contributed by atoms with van der Waals surface area (Å²) < 4.78 is 4.76. The number of nitrogens with zero attached hydrogens (tertiary/aromatic N) is 3. The van der Waals surface area contributed by atoms with Crippen LogP contribution in [-0.4, -0.2) is 14.5 Å². The first-order valence-electron chi connectivity index (χ1n) is 18.2. The van der Waals surface area contributed by atoms with Gasteiger partial charge in [0, 0.05) is 43.6 Å². The van der Waals surface area contributed by atoms with E-state index in [0.717, 1.165) is 38.5 Å². The highest BCUT2D eigenvalue weighted by Crippen LogP contribution is 2.43. The molecule has 252 valence electrons. The molecule has 10 rings (SSSR count). The zero-order chi connectivity index (χ0) is 35.5. The first-order valence-corrected chi connectivity index (χ1v) is 19.0. The van der Waals surface area contributed by atoms with E-state index < -0.39 is 0 Å². The summed E-state index contributed by atoms with van der Waals surface area (Å²) >= 11 is 1.77. The summed E-state index contributed by atoms with van der Waals surface area (Å²) in [5.41, 5.74) is 14.1. The standard InChI is InChI=1S/C49H35N3S/c1-31-15-9-10-20-37(31)41-29-42-38-21-11-13-23-43(38)52(36-18-7-4-8-19-36)44(42)30-40(41)32(2)33-25-27-34(28-26-33)46-48-47(39-22-12-14-24-45(39)53-48)51-49(50-46)35-16-5-3-6-17-35/h3-30,32H,1-2H3/t32-/m0/s1. The van der Waals surface area contributed by atoms with Crippen LogP contribution in [0.1, 0.15) is 29.5 Å². The molecule has 0 radical (unpaired) electrons. The van der Waals surface area contributed by atoms with Crippen molar-refractivity contribution in [3.8, 4) is 39.5 Å². The Morgan fingerprint density at radius 1 is 0.547 bits per heavy atom. The van der Waals surface area contributed by atoms with E-state index >= 15 is 0 Å². The smallest absolute Gasteiger partial charge is 0.160 e. The van der Waals surface area contributed by atoms with Crippen molar-refractivity contribution in [1.29, 1.82) is 0 Å². The Hall–Kier alpha value is -6.36. The molecule has 7 aromatic carbocycles. The van der Waals surface area contributed by atoms with Gasteiger partial charge in [0.2, 0.25) is 0 Å². The number of hydrogen-bond acceptors (Lipinski definition) is 3. The summed E-state index contributed by atoms with van der Waals surface area (Å²) in [4.78, 5) is 10.3. The van der Waals surface area contributed by atoms with Gasteiger partial charge in [-0.25, -0.2) is 9.97 Å². The quantitative estimate of drug-likeness (QED) is 0.173. The molecule has 3 aromatic heterocycles. The monoisotopic (exact) mass is 697 g/mol. The molecule has 0 fully saturated rings.